The minimum atomic E-state index is 0.466. The molecule has 0 saturated carbocycles. The molecule has 0 spiro atoms. The van der Waals surface area contributed by atoms with E-state index in [9.17, 15) is 0 Å². The number of nitrogens with zero attached hydrogens (tertiary/aromatic N) is 4. The van der Waals surface area contributed by atoms with Gasteiger partial charge in [-0.2, -0.15) is 5.10 Å². The summed E-state index contributed by atoms with van der Waals surface area (Å²) >= 11 is 12.4. The fourth-order valence-corrected chi connectivity index (χ4v) is 2.98. The van der Waals surface area contributed by atoms with Crippen LogP contribution < -0.4 is 0 Å². The maximum atomic E-state index is 6.20. The van der Waals surface area contributed by atoms with Gasteiger partial charge in [-0.1, -0.05) is 46.4 Å². The normalized spacial score (nSPS) is 10.4. The SMILES string of the molecule is Clc1cccc(Cl)c1Cn1cc(C#Cc2cc(-c3ccccn3)on2)cn1. The van der Waals surface area contributed by atoms with Gasteiger partial charge in [0.05, 0.1) is 18.3 Å². The largest absolute Gasteiger partial charge is 0.353 e. The van der Waals surface area contributed by atoms with E-state index in [1.165, 1.54) is 0 Å². The summed E-state index contributed by atoms with van der Waals surface area (Å²) in [5, 5.41) is 9.47. The second-order valence-electron chi connectivity index (χ2n) is 5.67. The molecular formula is C20H12Cl2N4O. The molecule has 0 saturated heterocycles. The van der Waals surface area contributed by atoms with Crippen LogP contribution in [0.3, 0.4) is 0 Å². The van der Waals surface area contributed by atoms with Crippen LogP contribution in [0.15, 0.2) is 65.6 Å². The Balaban J connectivity index is 1.50. The number of halogens is 2. The monoisotopic (exact) mass is 394 g/mol. The first kappa shape index (κ1) is 17.3. The molecule has 1 aromatic carbocycles. The standard InChI is InChI=1S/C20H12Cl2N4O/c21-17-4-3-5-18(22)16(17)13-26-12-14(11-24-26)7-8-15-10-20(27-25-15)19-6-1-2-9-23-19/h1-6,9-12H,13H2. The lowest BCUT2D eigenvalue weighted by Gasteiger charge is -2.06. The molecular weight excluding hydrogens is 383 g/mol. The number of rotatable bonds is 3. The minimum Gasteiger partial charge on any atom is -0.353 e. The van der Waals surface area contributed by atoms with Gasteiger partial charge in [-0.15, -0.1) is 0 Å². The first-order valence-electron chi connectivity index (χ1n) is 8.04. The van der Waals surface area contributed by atoms with Gasteiger partial charge < -0.3 is 4.52 Å². The highest BCUT2D eigenvalue weighted by molar-refractivity contribution is 6.35. The van der Waals surface area contributed by atoms with Crippen molar-refractivity contribution in [1.82, 2.24) is 19.9 Å². The molecule has 0 aliphatic heterocycles. The predicted octanol–water partition coefficient (Wildman–Crippen LogP) is 4.69. The van der Waals surface area contributed by atoms with Crippen molar-refractivity contribution in [3.8, 4) is 23.3 Å². The van der Waals surface area contributed by atoms with Gasteiger partial charge in [0.1, 0.15) is 5.69 Å². The third-order valence-electron chi connectivity index (χ3n) is 3.78. The van der Waals surface area contributed by atoms with Crippen LogP contribution in [0.1, 0.15) is 16.8 Å². The van der Waals surface area contributed by atoms with Gasteiger partial charge in [0.25, 0.3) is 0 Å². The number of pyridine rings is 1. The van der Waals surface area contributed by atoms with Crippen LogP contribution >= 0.6 is 23.2 Å². The van der Waals surface area contributed by atoms with Crippen LogP contribution in [0, 0.1) is 11.8 Å². The summed E-state index contributed by atoms with van der Waals surface area (Å²) in [4.78, 5) is 4.22. The van der Waals surface area contributed by atoms with Crippen LogP contribution in [0.4, 0.5) is 0 Å². The van der Waals surface area contributed by atoms with Gasteiger partial charge in [0.15, 0.2) is 11.5 Å². The van der Waals surface area contributed by atoms with Crippen molar-refractivity contribution in [3.63, 3.8) is 0 Å². The zero-order valence-corrected chi connectivity index (χ0v) is 15.4. The lowest BCUT2D eigenvalue weighted by atomic mass is 10.2. The molecule has 0 amide bonds. The van der Waals surface area contributed by atoms with E-state index in [1.807, 2.05) is 30.5 Å². The molecule has 3 aromatic heterocycles. The third kappa shape index (κ3) is 4.03. The van der Waals surface area contributed by atoms with E-state index >= 15 is 0 Å². The summed E-state index contributed by atoms with van der Waals surface area (Å²) < 4.78 is 7.02. The Morgan fingerprint density at radius 3 is 2.67 bits per heavy atom. The maximum absolute atomic E-state index is 6.20. The van der Waals surface area contributed by atoms with E-state index in [2.05, 4.69) is 27.1 Å². The smallest absolute Gasteiger partial charge is 0.186 e. The van der Waals surface area contributed by atoms with Crippen LogP contribution in [0.5, 0.6) is 0 Å². The number of hydrogen-bond acceptors (Lipinski definition) is 4. The second kappa shape index (κ2) is 7.67. The molecule has 7 heteroatoms. The fourth-order valence-electron chi connectivity index (χ4n) is 2.46. The van der Waals surface area contributed by atoms with Crippen molar-refractivity contribution >= 4 is 23.2 Å². The van der Waals surface area contributed by atoms with Crippen molar-refractivity contribution in [1.29, 1.82) is 0 Å². The van der Waals surface area contributed by atoms with Gasteiger partial charge in [-0.25, -0.2) is 0 Å². The Bertz CT molecular complexity index is 1120. The van der Waals surface area contributed by atoms with Crippen molar-refractivity contribution in [3.05, 3.63) is 87.9 Å². The Morgan fingerprint density at radius 1 is 1.04 bits per heavy atom. The molecule has 4 aromatic rings. The van der Waals surface area contributed by atoms with E-state index < -0.39 is 0 Å². The number of aromatic nitrogens is 4. The van der Waals surface area contributed by atoms with Crippen LogP contribution in [0.25, 0.3) is 11.5 Å². The van der Waals surface area contributed by atoms with E-state index in [1.54, 1.807) is 35.3 Å². The molecule has 0 N–H and O–H groups in total. The summed E-state index contributed by atoms with van der Waals surface area (Å²) in [6.45, 7) is 0.466. The number of hydrogen-bond donors (Lipinski definition) is 0. The van der Waals surface area contributed by atoms with Gasteiger partial charge in [-0.05, 0) is 30.2 Å². The van der Waals surface area contributed by atoms with Crippen LogP contribution in [-0.2, 0) is 6.54 Å². The summed E-state index contributed by atoms with van der Waals surface area (Å²) in [5.74, 6) is 6.55. The zero-order chi connectivity index (χ0) is 18.6. The zero-order valence-electron chi connectivity index (χ0n) is 13.9. The molecule has 0 unspecified atom stereocenters. The Labute approximate surface area is 165 Å². The average Bonchev–Trinajstić information content (AvgIpc) is 3.33. The van der Waals surface area contributed by atoms with Gasteiger partial charge >= 0.3 is 0 Å². The van der Waals surface area contributed by atoms with Crippen molar-refractivity contribution in [2.24, 2.45) is 0 Å². The lowest BCUT2D eigenvalue weighted by molar-refractivity contribution is 0.429. The first-order valence-corrected chi connectivity index (χ1v) is 8.80. The Kier molecular flexibility index (Phi) is 4.93. The quantitative estimate of drug-likeness (QED) is 0.473. The topological polar surface area (TPSA) is 56.7 Å². The number of benzene rings is 1. The highest BCUT2D eigenvalue weighted by Crippen LogP contribution is 2.25. The van der Waals surface area contributed by atoms with Crippen LogP contribution in [0.2, 0.25) is 10.0 Å². The molecule has 27 heavy (non-hydrogen) atoms. The summed E-state index contributed by atoms with van der Waals surface area (Å²) in [6.07, 6.45) is 5.20. The summed E-state index contributed by atoms with van der Waals surface area (Å²) in [7, 11) is 0. The van der Waals surface area contributed by atoms with Crippen molar-refractivity contribution in [2.75, 3.05) is 0 Å². The molecule has 0 bridgehead atoms. The maximum Gasteiger partial charge on any atom is 0.186 e. The molecule has 0 radical (unpaired) electrons. The van der Waals surface area contributed by atoms with E-state index in [0.29, 0.717) is 33.7 Å². The third-order valence-corrected chi connectivity index (χ3v) is 4.49. The Hall–Kier alpha value is -3.07. The molecule has 5 nitrogen and oxygen atoms in total. The lowest BCUT2D eigenvalue weighted by Crippen LogP contribution is -2.01. The predicted molar refractivity (Wildman–Crippen MR) is 104 cm³/mol. The molecule has 0 fully saturated rings. The van der Waals surface area contributed by atoms with Crippen molar-refractivity contribution < 1.29 is 4.52 Å². The molecule has 0 atom stereocenters. The highest BCUT2D eigenvalue weighted by atomic mass is 35.5. The molecule has 4 rings (SSSR count). The second-order valence-corrected chi connectivity index (χ2v) is 6.48. The summed E-state index contributed by atoms with van der Waals surface area (Å²) in [5.41, 5.74) is 2.81. The fraction of sp³-hybridized carbons (Fsp3) is 0.0500. The van der Waals surface area contributed by atoms with Gasteiger partial charge in [0.2, 0.25) is 0 Å². The van der Waals surface area contributed by atoms with E-state index in [-0.39, 0.29) is 0 Å². The van der Waals surface area contributed by atoms with Gasteiger partial charge in [-0.3, -0.25) is 9.67 Å². The highest BCUT2D eigenvalue weighted by Gasteiger charge is 2.08. The van der Waals surface area contributed by atoms with E-state index in [0.717, 1.165) is 11.1 Å². The molecule has 3 heterocycles. The van der Waals surface area contributed by atoms with Crippen LogP contribution in [-0.4, -0.2) is 19.9 Å². The average molecular weight is 395 g/mol. The van der Waals surface area contributed by atoms with E-state index in [4.69, 9.17) is 27.7 Å². The Morgan fingerprint density at radius 2 is 1.89 bits per heavy atom. The molecule has 0 aliphatic carbocycles. The first-order chi connectivity index (χ1) is 13.2. The summed E-state index contributed by atoms with van der Waals surface area (Å²) in [6, 6.07) is 12.7. The van der Waals surface area contributed by atoms with Crippen molar-refractivity contribution in [2.45, 2.75) is 6.54 Å². The molecule has 132 valence electrons. The minimum absolute atomic E-state index is 0.466. The van der Waals surface area contributed by atoms with Gasteiger partial charge in [0, 0.05) is 34.1 Å². The molecule has 0 aliphatic rings.